The van der Waals surface area contributed by atoms with Crippen LogP contribution in [0.3, 0.4) is 0 Å². The van der Waals surface area contributed by atoms with Crippen molar-refractivity contribution in [2.45, 2.75) is 0 Å². The molecule has 2 heterocycles. The molecule has 3 heteroatoms. The van der Waals surface area contributed by atoms with Gasteiger partial charge in [0.05, 0.1) is 11.1 Å². The van der Waals surface area contributed by atoms with Crippen molar-refractivity contribution >= 4 is 22.1 Å². The van der Waals surface area contributed by atoms with Crippen molar-refractivity contribution in [1.82, 2.24) is 9.97 Å². The van der Waals surface area contributed by atoms with Crippen molar-refractivity contribution in [3.63, 3.8) is 0 Å². The lowest BCUT2D eigenvalue weighted by molar-refractivity contribution is 0.653. The van der Waals surface area contributed by atoms with Gasteiger partial charge in [-0.1, -0.05) is 176 Å². The van der Waals surface area contributed by atoms with Gasteiger partial charge in [-0.05, 0) is 50.6 Å². The number of aromatic nitrogens is 2. The summed E-state index contributed by atoms with van der Waals surface area (Å²) in [6.45, 7) is 0. The van der Waals surface area contributed by atoms with Gasteiger partial charge in [-0.3, -0.25) is 0 Å². The Morgan fingerprint density at radius 1 is 0.306 bits per heavy atom. The summed E-state index contributed by atoms with van der Waals surface area (Å²) in [6, 6.07) is 63.5. The number of hydrogen-bond donors (Lipinski definition) is 0. The second-order valence-corrected chi connectivity index (χ2v) is 12.2. The third-order valence-electron chi connectivity index (χ3n) is 9.19. The van der Waals surface area contributed by atoms with E-state index in [1.165, 1.54) is 27.8 Å². The number of nitrogens with zero attached hydrogens (tertiary/aromatic N) is 2. The third-order valence-corrected chi connectivity index (χ3v) is 9.19. The summed E-state index contributed by atoms with van der Waals surface area (Å²) in [6.07, 6.45) is 0. The van der Waals surface area contributed by atoms with Crippen molar-refractivity contribution < 1.29 is 4.42 Å². The zero-order valence-corrected chi connectivity index (χ0v) is 26.6. The van der Waals surface area contributed by atoms with Crippen LogP contribution in [0.25, 0.3) is 89.2 Å². The Morgan fingerprint density at radius 3 is 1.14 bits per heavy atom. The number of benzene rings is 7. The van der Waals surface area contributed by atoms with Crippen LogP contribution in [0.4, 0.5) is 0 Å². The molecule has 2 aromatic heterocycles. The minimum absolute atomic E-state index is 0.586. The molecule has 7 aromatic carbocycles. The summed E-state index contributed by atoms with van der Waals surface area (Å²) in [5.74, 6) is 0.633. The van der Waals surface area contributed by atoms with Gasteiger partial charge in [0.1, 0.15) is 5.58 Å². The van der Waals surface area contributed by atoms with Gasteiger partial charge in [-0.25, -0.2) is 4.98 Å². The van der Waals surface area contributed by atoms with Crippen LogP contribution < -0.4 is 0 Å². The average molecular weight is 627 g/mol. The second kappa shape index (κ2) is 12.2. The summed E-state index contributed by atoms with van der Waals surface area (Å²) >= 11 is 0. The zero-order chi connectivity index (χ0) is 32.6. The molecule has 0 bridgehead atoms. The molecular weight excluding hydrogens is 597 g/mol. The standard InChI is InChI=1S/C46H30N2O/c1-3-9-31(10-4-1)33-15-19-35(20-16-33)37-23-27-39(28-24-37)44-43-41-13-7-8-14-42(41)49-46(43)48-45(47-44)40-29-25-38(26-30-40)36-21-17-34(18-22-36)32-11-5-2-6-12-32/h1-30H. The molecule has 0 fully saturated rings. The smallest absolute Gasteiger partial charge is 0.231 e. The summed E-state index contributed by atoms with van der Waals surface area (Å²) < 4.78 is 6.31. The molecule has 0 saturated heterocycles. The predicted molar refractivity (Wildman–Crippen MR) is 202 cm³/mol. The lowest BCUT2D eigenvalue weighted by Crippen LogP contribution is -1.94. The number of furan rings is 1. The van der Waals surface area contributed by atoms with Crippen molar-refractivity contribution in [3.05, 3.63) is 182 Å². The van der Waals surface area contributed by atoms with Crippen molar-refractivity contribution in [2.75, 3.05) is 0 Å². The molecule has 0 saturated carbocycles. The minimum Gasteiger partial charge on any atom is -0.438 e. The highest BCUT2D eigenvalue weighted by molar-refractivity contribution is 6.10. The molecule has 0 amide bonds. The Balaban J connectivity index is 1.06. The van der Waals surface area contributed by atoms with Crippen LogP contribution in [-0.2, 0) is 0 Å². The summed E-state index contributed by atoms with van der Waals surface area (Å²) in [4.78, 5) is 10.1. The first-order valence-corrected chi connectivity index (χ1v) is 16.5. The van der Waals surface area contributed by atoms with Crippen LogP contribution in [0.1, 0.15) is 0 Å². The summed E-state index contributed by atoms with van der Waals surface area (Å²) in [7, 11) is 0. The van der Waals surface area contributed by atoms with E-state index in [4.69, 9.17) is 14.4 Å². The van der Waals surface area contributed by atoms with E-state index in [2.05, 4.69) is 152 Å². The maximum Gasteiger partial charge on any atom is 0.231 e. The first kappa shape index (κ1) is 28.6. The van der Waals surface area contributed by atoms with Gasteiger partial charge < -0.3 is 4.42 Å². The fourth-order valence-corrected chi connectivity index (χ4v) is 6.56. The van der Waals surface area contributed by atoms with E-state index in [1.54, 1.807) is 0 Å². The Morgan fingerprint density at radius 2 is 0.673 bits per heavy atom. The maximum absolute atomic E-state index is 6.31. The van der Waals surface area contributed by atoms with E-state index in [9.17, 15) is 0 Å². The predicted octanol–water partition coefficient (Wildman–Crippen LogP) is 12.4. The van der Waals surface area contributed by atoms with Gasteiger partial charge >= 0.3 is 0 Å². The molecule has 0 N–H and O–H groups in total. The first-order chi connectivity index (χ1) is 24.3. The molecule has 9 aromatic rings. The molecule has 3 nitrogen and oxygen atoms in total. The Bertz CT molecular complexity index is 2530. The van der Waals surface area contributed by atoms with E-state index in [0.717, 1.165) is 49.9 Å². The first-order valence-electron chi connectivity index (χ1n) is 16.5. The minimum atomic E-state index is 0.586. The molecular formula is C46H30N2O. The van der Waals surface area contributed by atoms with E-state index >= 15 is 0 Å². The van der Waals surface area contributed by atoms with Gasteiger partial charge in [0.2, 0.25) is 5.71 Å². The summed E-state index contributed by atoms with van der Waals surface area (Å²) in [5.41, 5.74) is 13.7. The van der Waals surface area contributed by atoms with Crippen molar-refractivity contribution in [1.29, 1.82) is 0 Å². The van der Waals surface area contributed by atoms with Gasteiger partial charge in [-0.2, -0.15) is 4.98 Å². The highest BCUT2D eigenvalue weighted by atomic mass is 16.3. The lowest BCUT2D eigenvalue weighted by Gasteiger charge is -2.09. The molecule has 0 spiro atoms. The molecule has 0 aliphatic rings. The summed E-state index contributed by atoms with van der Waals surface area (Å²) in [5, 5.41) is 1.93. The Hall–Kier alpha value is -6.58. The van der Waals surface area contributed by atoms with E-state index < -0.39 is 0 Å². The second-order valence-electron chi connectivity index (χ2n) is 12.2. The molecule has 0 aliphatic heterocycles. The van der Waals surface area contributed by atoms with E-state index in [1.807, 2.05) is 30.3 Å². The SMILES string of the molecule is c1ccc(-c2ccc(-c3ccc(-c4nc(-c5ccc(-c6ccc(-c7ccccc7)cc6)cc5)c5c(n4)oc4ccccc45)cc3)cc2)cc1. The van der Waals surface area contributed by atoms with Crippen LogP contribution in [0, 0.1) is 0 Å². The highest BCUT2D eigenvalue weighted by Gasteiger charge is 2.18. The monoisotopic (exact) mass is 626 g/mol. The van der Waals surface area contributed by atoms with Crippen molar-refractivity contribution in [3.8, 4) is 67.2 Å². The number of hydrogen-bond acceptors (Lipinski definition) is 3. The molecule has 230 valence electrons. The van der Waals surface area contributed by atoms with Gasteiger partial charge in [0, 0.05) is 16.5 Å². The molecule has 49 heavy (non-hydrogen) atoms. The quantitative estimate of drug-likeness (QED) is 0.184. The average Bonchev–Trinajstić information content (AvgIpc) is 3.57. The van der Waals surface area contributed by atoms with E-state index in [0.29, 0.717) is 11.5 Å². The van der Waals surface area contributed by atoms with Gasteiger partial charge in [0.15, 0.2) is 5.82 Å². The molecule has 9 rings (SSSR count). The zero-order valence-electron chi connectivity index (χ0n) is 26.6. The molecule has 0 unspecified atom stereocenters. The largest absolute Gasteiger partial charge is 0.438 e. The molecule has 0 atom stereocenters. The Kier molecular flexibility index (Phi) is 7.14. The lowest BCUT2D eigenvalue weighted by atomic mass is 9.98. The fourth-order valence-electron chi connectivity index (χ4n) is 6.56. The maximum atomic E-state index is 6.31. The van der Waals surface area contributed by atoms with Gasteiger partial charge in [-0.15, -0.1) is 0 Å². The van der Waals surface area contributed by atoms with Crippen LogP contribution in [0.15, 0.2) is 186 Å². The number of fused-ring (bicyclic) bond motifs is 3. The van der Waals surface area contributed by atoms with E-state index in [-0.39, 0.29) is 0 Å². The molecule has 0 radical (unpaired) electrons. The van der Waals surface area contributed by atoms with Crippen LogP contribution in [-0.4, -0.2) is 9.97 Å². The van der Waals surface area contributed by atoms with Crippen LogP contribution in [0.2, 0.25) is 0 Å². The van der Waals surface area contributed by atoms with Crippen LogP contribution in [0.5, 0.6) is 0 Å². The topological polar surface area (TPSA) is 38.9 Å². The van der Waals surface area contributed by atoms with Crippen LogP contribution >= 0.6 is 0 Å². The number of para-hydroxylation sites is 1. The third kappa shape index (κ3) is 5.48. The number of rotatable bonds is 6. The van der Waals surface area contributed by atoms with Crippen molar-refractivity contribution in [2.24, 2.45) is 0 Å². The highest BCUT2D eigenvalue weighted by Crippen LogP contribution is 2.37. The molecule has 0 aliphatic carbocycles. The fraction of sp³-hybridized carbons (Fsp3) is 0. The normalized spacial score (nSPS) is 11.3. The Labute approximate surface area is 284 Å². The van der Waals surface area contributed by atoms with Gasteiger partial charge in [0.25, 0.3) is 0 Å².